The Morgan fingerprint density at radius 2 is 2.03 bits per heavy atom. The van der Waals surface area contributed by atoms with E-state index in [0.29, 0.717) is 24.7 Å². The Morgan fingerprint density at radius 3 is 2.62 bits per heavy atom. The zero-order valence-corrected chi connectivity index (χ0v) is 16.0. The number of nitrogens with zero attached hydrogens (tertiary/aromatic N) is 1. The molecule has 0 aliphatic rings. The maximum absolute atomic E-state index is 12.8. The fraction of sp³-hybridized carbons (Fsp3) is 0.368. The Kier molecular flexibility index (Phi) is 7.52. The van der Waals surface area contributed by atoms with Gasteiger partial charge in [0.1, 0.15) is 17.6 Å². The molecule has 0 fully saturated rings. The van der Waals surface area contributed by atoms with Crippen molar-refractivity contribution in [1.82, 2.24) is 10.6 Å². The zero-order valence-electron chi connectivity index (χ0n) is 16.0. The number of nitrogens with two attached hydrogens (primary N) is 1. The number of ether oxygens (including phenoxy) is 1. The molecule has 1 aromatic heterocycles. The number of rotatable bonds is 8. The van der Waals surface area contributed by atoms with Crippen LogP contribution < -0.4 is 21.1 Å². The van der Waals surface area contributed by atoms with E-state index in [-0.39, 0.29) is 24.2 Å². The van der Waals surface area contributed by atoms with E-state index in [2.05, 4.69) is 15.6 Å². The van der Waals surface area contributed by atoms with Gasteiger partial charge in [-0.1, -0.05) is 13.0 Å². The minimum absolute atomic E-state index is 0.0604. The molecule has 0 saturated heterocycles. The molecule has 1 heterocycles. The maximum atomic E-state index is 12.8. The number of amides is 1. The monoisotopic (exact) mass is 412 g/mol. The molecule has 7 nitrogen and oxygen atoms in total. The summed E-state index contributed by atoms with van der Waals surface area (Å²) in [6, 6.07) is 7.86. The van der Waals surface area contributed by atoms with Crippen LogP contribution in [0, 0.1) is 0 Å². The largest absolute Gasteiger partial charge is 0.489 e. The average molecular weight is 412 g/mol. The van der Waals surface area contributed by atoms with E-state index in [9.17, 15) is 18.0 Å². The van der Waals surface area contributed by atoms with E-state index in [1.165, 1.54) is 18.2 Å². The first-order chi connectivity index (χ1) is 13.7. The van der Waals surface area contributed by atoms with Crippen molar-refractivity contribution in [2.75, 3.05) is 13.6 Å². The number of guanidine groups is 1. The van der Waals surface area contributed by atoms with Crippen LogP contribution in [0.2, 0.25) is 0 Å². The highest BCUT2D eigenvalue weighted by Crippen LogP contribution is 2.31. The van der Waals surface area contributed by atoms with Crippen LogP contribution in [0.3, 0.4) is 0 Å². The number of primary amides is 1. The second-order valence-electron chi connectivity index (χ2n) is 6.11. The summed E-state index contributed by atoms with van der Waals surface area (Å²) in [6.07, 6.45) is -4.23. The van der Waals surface area contributed by atoms with E-state index in [0.717, 1.165) is 12.1 Å². The highest BCUT2D eigenvalue weighted by atomic mass is 19.4. The Balaban J connectivity index is 1.88. The third kappa shape index (κ3) is 6.74. The van der Waals surface area contributed by atoms with E-state index >= 15 is 0 Å². The van der Waals surface area contributed by atoms with Crippen molar-refractivity contribution < 1.29 is 27.1 Å². The van der Waals surface area contributed by atoms with Crippen LogP contribution in [0.25, 0.3) is 0 Å². The number of carbonyl (C=O) groups is 1. The predicted octanol–water partition coefficient (Wildman–Crippen LogP) is 2.92. The van der Waals surface area contributed by atoms with Gasteiger partial charge in [0.25, 0.3) is 5.91 Å². The normalized spacial score (nSPS) is 13.1. The number of aliphatic imine (C=N–C) groups is 1. The second-order valence-corrected chi connectivity index (χ2v) is 6.11. The van der Waals surface area contributed by atoms with Gasteiger partial charge in [-0.3, -0.25) is 9.79 Å². The molecule has 0 bridgehead atoms. The van der Waals surface area contributed by atoms with Gasteiger partial charge in [0.05, 0.1) is 18.7 Å². The van der Waals surface area contributed by atoms with Crippen molar-refractivity contribution in [3.8, 4) is 5.75 Å². The van der Waals surface area contributed by atoms with E-state index in [4.69, 9.17) is 14.9 Å². The van der Waals surface area contributed by atoms with Crippen LogP contribution in [0.4, 0.5) is 13.2 Å². The van der Waals surface area contributed by atoms with Crippen molar-refractivity contribution >= 4 is 11.9 Å². The first-order valence-electron chi connectivity index (χ1n) is 8.89. The summed E-state index contributed by atoms with van der Waals surface area (Å²) in [5, 5.41) is 6.04. The molecular weight excluding hydrogens is 389 g/mol. The smallest absolute Gasteiger partial charge is 0.416 e. The summed E-state index contributed by atoms with van der Waals surface area (Å²) in [4.78, 5) is 15.1. The molecule has 0 spiro atoms. The number of benzene rings is 1. The summed E-state index contributed by atoms with van der Waals surface area (Å²) in [7, 11) is 1.57. The Hall–Kier alpha value is -3.17. The van der Waals surface area contributed by atoms with Crippen LogP contribution >= 0.6 is 0 Å². The number of carbonyl (C=O) groups excluding carboxylic acids is 1. The van der Waals surface area contributed by atoms with Gasteiger partial charge in [-0.15, -0.1) is 0 Å². The third-order valence-electron chi connectivity index (χ3n) is 3.97. The van der Waals surface area contributed by atoms with Crippen molar-refractivity contribution in [3.05, 3.63) is 53.5 Å². The summed E-state index contributed by atoms with van der Waals surface area (Å²) in [5.41, 5.74) is 4.38. The molecule has 29 heavy (non-hydrogen) atoms. The molecule has 158 valence electrons. The van der Waals surface area contributed by atoms with Crippen LogP contribution in [0.15, 0.2) is 45.8 Å². The van der Waals surface area contributed by atoms with Gasteiger partial charge >= 0.3 is 6.18 Å². The van der Waals surface area contributed by atoms with Crippen LogP contribution in [-0.4, -0.2) is 31.6 Å². The fourth-order valence-electron chi connectivity index (χ4n) is 2.41. The first kappa shape index (κ1) is 22.1. The standard InChI is InChI=1S/C19H23F3N4O3/c1-3-13(28-14-6-4-5-12(9-14)19(20,21)22)10-25-18(24-2)26-11-15-7-8-16(29-15)17(23)27/h4-9,13H,3,10-11H2,1-2H3,(H2,23,27)(H2,24,25,26). The molecular formula is C19H23F3N4O3. The van der Waals surface area contributed by atoms with Gasteiger partial charge in [-0.05, 0) is 36.8 Å². The number of furan rings is 1. The topological polar surface area (TPSA) is 102 Å². The summed E-state index contributed by atoms with van der Waals surface area (Å²) < 4.78 is 49.4. The Morgan fingerprint density at radius 1 is 1.28 bits per heavy atom. The number of nitrogens with one attached hydrogen (secondary N) is 2. The van der Waals surface area contributed by atoms with Gasteiger partial charge in [0.2, 0.25) is 0 Å². The number of hydrogen-bond acceptors (Lipinski definition) is 4. The van der Waals surface area contributed by atoms with E-state index < -0.39 is 17.6 Å². The summed E-state index contributed by atoms with van der Waals surface area (Å²) in [5.74, 6) is 0.481. The predicted molar refractivity (Wildman–Crippen MR) is 102 cm³/mol. The highest BCUT2D eigenvalue weighted by molar-refractivity contribution is 5.89. The molecule has 4 N–H and O–H groups in total. The molecule has 1 aromatic carbocycles. The number of halogens is 3. The molecule has 10 heteroatoms. The molecule has 2 rings (SSSR count). The van der Waals surface area contributed by atoms with Gasteiger partial charge in [0.15, 0.2) is 11.7 Å². The molecule has 0 aliphatic carbocycles. The highest BCUT2D eigenvalue weighted by Gasteiger charge is 2.30. The zero-order chi connectivity index (χ0) is 21.4. The average Bonchev–Trinajstić information content (AvgIpc) is 3.16. The lowest BCUT2D eigenvalue weighted by Crippen LogP contribution is -2.42. The Labute approximate surface area is 166 Å². The summed E-state index contributed by atoms with van der Waals surface area (Å²) >= 11 is 0. The molecule has 1 atom stereocenters. The van der Waals surface area contributed by atoms with Crippen molar-refractivity contribution in [2.24, 2.45) is 10.7 Å². The fourth-order valence-corrected chi connectivity index (χ4v) is 2.41. The molecule has 0 aliphatic heterocycles. The Bertz CT molecular complexity index is 849. The number of hydrogen-bond donors (Lipinski definition) is 3. The van der Waals surface area contributed by atoms with Crippen molar-refractivity contribution in [1.29, 1.82) is 0 Å². The van der Waals surface area contributed by atoms with Crippen LogP contribution in [0.5, 0.6) is 5.75 Å². The minimum atomic E-state index is -4.43. The maximum Gasteiger partial charge on any atom is 0.416 e. The lowest BCUT2D eigenvalue weighted by Gasteiger charge is -2.20. The molecule has 1 amide bonds. The first-order valence-corrected chi connectivity index (χ1v) is 8.89. The van der Waals surface area contributed by atoms with Crippen LogP contribution in [0.1, 0.15) is 35.2 Å². The molecule has 0 radical (unpaired) electrons. The lowest BCUT2D eigenvalue weighted by atomic mass is 10.2. The SMILES string of the molecule is CCC(CNC(=NC)NCc1ccc(C(N)=O)o1)Oc1cccc(C(F)(F)F)c1. The summed E-state index contributed by atoms with van der Waals surface area (Å²) in [6.45, 7) is 2.44. The van der Waals surface area contributed by atoms with Gasteiger partial charge in [-0.2, -0.15) is 13.2 Å². The molecule has 1 unspecified atom stereocenters. The third-order valence-corrected chi connectivity index (χ3v) is 3.97. The van der Waals surface area contributed by atoms with Crippen molar-refractivity contribution in [3.63, 3.8) is 0 Å². The van der Waals surface area contributed by atoms with E-state index in [1.807, 2.05) is 6.92 Å². The lowest BCUT2D eigenvalue weighted by molar-refractivity contribution is -0.137. The second kappa shape index (κ2) is 9.85. The van der Waals surface area contributed by atoms with Crippen LogP contribution in [-0.2, 0) is 12.7 Å². The van der Waals surface area contributed by atoms with Gasteiger partial charge in [-0.25, -0.2) is 0 Å². The molecule has 0 saturated carbocycles. The molecule has 2 aromatic rings. The van der Waals surface area contributed by atoms with Crippen molar-refractivity contribution in [2.45, 2.75) is 32.2 Å². The van der Waals surface area contributed by atoms with E-state index in [1.54, 1.807) is 13.1 Å². The van der Waals surface area contributed by atoms with Gasteiger partial charge < -0.3 is 25.5 Å². The minimum Gasteiger partial charge on any atom is -0.489 e. The number of alkyl halides is 3. The quantitative estimate of drug-likeness (QED) is 0.457. The van der Waals surface area contributed by atoms with Gasteiger partial charge in [0, 0.05) is 7.05 Å².